The summed E-state index contributed by atoms with van der Waals surface area (Å²) >= 11 is 6.05. The van der Waals surface area contributed by atoms with E-state index in [1.54, 1.807) is 0 Å². The maximum atomic E-state index is 10.6. The maximum Gasteiger partial charge on any atom is 0.313 e. The molecule has 4 nitrogen and oxygen atoms in total. The lowest BCUT2D eigenvalue weighted by atomic mass is 10.5. The van der Waals surface area contributed by atoms with Crippen molar-refractivity contribution in [3.8, 4) is 0 Å². The van der Waals surface area contributed by atoms with Gasteiger partial charge in [-0.2, -0.15) is 8.42 Å². The summed E-state index contributed by atoms with van der Waals surface area (Å²) in [6.45, 7) is 0. The van der Waals surface area contributed by atoms with Crippen LogP contribution in [-0.2, 0) is 10.1 Å². The molecule has 0 saturated heterocycles. The Kier molecular flexibility index (Phi) is 2.87. The molecule has 0 spiro atoms. The van der Waals surface area contributed by atoms with Gasteiger partial charge in [-0.25, -0.2) is 4.98 Å². The van der Waals surface area contributed by atoms with Gasteiger partial charge in [-0.05, 0) is 37.9 Å². The fraction of sp³-hybridized carbons (Fsp3) is 0. The molecule has 0 aliphatic heterocycles. The number of pyridine rings is 1. The Morgan fingerprint density at radius 3 is 2.42 bits per heavy atom. The first kappa shape index (κ1) is 10.1. The third-order valence-corrected chi connectivity index (χ3v) is 3.13. The van der Waals surface area contributed by atoms with Crippen molar-refractivity contribution in [1.29, 1.82) is 0 Å². The monoisotopic (exact) mass is 315 g/mol. The predicted octanol–water partition coefficient (Wildman–Crippen LogP) is 1.85. The Balaban J connectivity index is 3.39. The van der Waals surface area contributed by atoms with Crippen molar-refractivity contribution in [3.05, 3.63) is 21.2 Å². The molecule has 7 heteroatoms. The molecule has 0 aromatic carbocycles. The first-order valence-corrected chi connectivity index (χ1v) is 5.72. The highest BCUT2D eigenvalue weighted by molar-refractivity contribution is 9.11. The van der Waals surface area contributed by atoms with E-state index in [1.807, 2.05) is 0 Å². The van der Waals surface area contributed by atoms with Gasteiger partial charge in [0.15, 0.2) is 5.03 Å². The van der Waals surface area contributed by atoms with Crippen molar-refractivity contribution in [2.24, 2.45) is 0 Å². The minimum absolute atomic E-state index is 0.222. The molecule has 1 N–H and O–H groups in total. The highest BCUT2D eigenvalue weighted by Gasteiger charge is 2.15. The molecule has 0 unspecified atom stereocenters. The van der Waals surface area contributed by atoms with Gasteiger partial charge in [-0.15, -0.1) is 0 Å². The van der Waals surface area contributed by atoms with Crippen molar-refractivity contribution < 1.29 is 13.0 Å². The maximum absolute atomic E-state index is 10.6. The fourth-order valence-electron chi connectivity index (χ4n) is 0.592. The molecule has 0 fully saturated rings. The van der Waals surface area contributed by atoms with E-state index in [2.05, 4.69) is 36.8 Å². The number of halogens is 2. The highest BCUT2D eigenvalue weighted by Crippen LogP contribution is 2.22. The van der Waals surface area contributed by atoms with E-state index in [1.165, 1.54) is 12.3 Å². The molecule has 0 amide bonds. The minimum Gasteiger partial charge on any atom is -0.281 e. The van der Waals surface area contributed by atoms with E-state index < -0.39 is 10.1 Å². The van der Waals surface area contributed by atoms with E-state index in [9.17, 15) is 8.42 Å². The van der Waals surface area contributed by atoms with Crippen LogP contribution < -0.4 is 0 Å². The Morgan fingerprint density at radius 2 is 2.00 bits per heavy atom. The van der Waals surface area contributed by atoms with Crippen LogP contribution in [0.1, 0.15) is 0 Å². The van der Waals surface area contributed by atoms with E-state index in [0.29, 0.717) is 4.47 Å². The van der Waals surface area contributed by atoms with Gasteiger partial charge in [-0.1, -0.05) is 0 Å². The summed E-state index contributed by atoms with van der Waals surface area (Å²) < 4.78 is 30.7. The molecule has 12 heavy (non-hydrogen) atoms. The second-order valence-electron chi connectivity index (χ2n) is 1.92. The Labute approximate surface area is 86.0 Å². The van der Waals surface area contributed by atoms with E-state index in [0.717, 1.165) is 0 Å². The average Bonchev–Trinajstić information content (AvgIpc) is 1.83. The number of nitrogens with zero attached hydrogens (tertiary/aromatic N) is 1. The molecule has 0 bridgehead atoms. The van der Waals surface area contributed by atoms with Crippen molar-refractivity contribution in [2.45, 2.75) is 5.03 Å². The molecule has 66 valence electrons. The first-order valence-electron chi connectivity index (χ1n) is 2.70. The summed E-state index contributed by atoms with van der Waals surface area (Å²) in [7, 11) is -4.23. The second-order valence-corrected chi connectivity index (χ2v) is 5.02. The van der Waals surface area contributed by atoms with Crippen LogP contribution in [-0.4, -0.2) is 18.0 Å². The minimum atomic E-state index is -4.23. The lowest BCUT2D eigenvalue weighted by Crippen LogP contribution is -2.01. The summed E-state index contributed by atoms with van der Waals surface area (Å²) in [6.07, 6.45) is 1.29. The number of hydrogen-bond acceptors (Lipinski definition) is 3. The second kappa shape index (κ2) is 3.41. The molecule has 1 heterocycles. The summed E-state index contributed by atoms with van der Waals surface area (Å²) in [5, 5.41) is -0.384. The van der Waals surface area contributed by atoms with Crippen LogP contribution in [0.4, 0.5) is 0 Å². The molecular weight excluding hydrogens is 314 g/mol. The molecule has 0 aliphatic carbocycles. The van der Waals surface area contributed by atoms with Crippen LogP contribution in [0, 0.1) is 0 Å². The standard InChI is InChI=1S/C5H3Br2NO3S/c6-3-1-4(7)5(8-2-3)12(9,10)11/h1-2H,(H,9,10,11). The lowest BCUT2D eigenvalue weighted by Gasteiger charge is -1.98. The van der Waals surface area contributed by atoms with Gasteiger partial charge < -0.3 is 0 Å². The molecule has 0 saturated carbocycles. The SMILES string of the molecule is O=S(=O)(O)c1ncc(Br)cc1Br. The predicted molar refractivity (Wildman–Crippen MR) is 49.5 cm³/mol. The quantitative estimate of drug-likeness (QED) is 0.803. The zero-order valence-electron chi connectivity index (χ0n) is 5.53. The highest BCUT2D eigenvalue weighted by atomic mass is 79.9. The normalized spacial score (nSPS) is 11.6. The number of hydrogen-bond donors (Lipinski definition) is 1. The first-order chi connectivity index (χ1) is 5.41. The smallest absolute Gasteiger partial charge is 0.281 e. The third kappa shape index (κ3) is 2.25. The molecule has 1 aromatic heterocycles. The van der Waals surface area contributed by atoms with Gasteiger partial charge in [0.25, 0.3) is 0 Å². The molecular formula is C5H3Br2NO3S. The Bertz CT molecular complexity index is 403. The molecule has 1 rings (SSSR count). The van der Waals surface area contributed by atoms with Gasteiger partial charge in [0.2, 0.25) is 0 Å². The summed E-state index contributed by atoms with van der Waals surface area (Å²) in [5.41, 5.74) is 0. The van der Waals surface area contributed by atoms with Crippen molar-refractivity contribution in [3.63, 3.8) is 0 Å². The topological polar surface area (TPSA) is 67.3 Å². The van der Waals surface area contributed by atoms with Crippen LogP contribution in [0.15, 0.2) is 26.2 Å². The van der Waals surface area contributed by atoms with Gasteiger partial charge in [0, 0.05) is 10.7 Å². The third-order valence-electron chi connectivity index (χ3n) is 1.02. The van der Waals surface area contributed by atoms with Crippen LogP contribution in [0.5, 0.6) is 0 Å². The number of rotatable bonds is 1. The molecule has 0 radical (unpaired) electrons. The molecule has 0 atom stereocenters. The van der Waals surface area contributed by atoms with Gasteiger partial charge >= 0.3 is 10.1 Å². The molecule has 1 aromatic rings. The van der Waals surface area contributed by atoms with E-state index in [4.69, 9.17) is 4.55 Å². The summed E-state index contributed by atoms with van der Waals surface area (Å²) in [5.74, 6) is 0. The van der Waals surface area contributed by atoms with Crippen LogP contribution in [0.3, 0.4) is 0 Å². The van der Waals surface area contributed by atoms with E-state index in [-0.39, 0.29) is 9.50 Å². The number of aromatic nitrogens is 1. The summed E-state index contributed by atoms with van der Waals surface area (Å²) in [4.78, 5) is 3.52. The van der Waals surface area contributed by atoms with Crippen LogP contribution in [0.2, 0.25) is 0 Å². The van der Waals surface area contributed by atoms with Crippen molar-refractivity contribution >= 4 is 42.0 Å². The largest absolute Gasteiger partial charge is 0.313 e. The Morgan fingerprint density at radius 1 is 1.42 bits per heavy atom. The van der Waals surface area contributed by atoms with Gasteiger partial charge in [0.05, 0.1) is 4.47 Å². The average molecular weight is 317 g/mol. The molecule has 0 aliphatic rings. The fourth-order valence-corrected chi connectivity index (χ4v) is 2.68. The van der Waals surface area contributed by atoms with Crippen LogP contribution in [0.25, 0.3) is 0 Å². The van der Waals surface area contributed by atoms with Gasteiger partial charge in [-0.3, -0.25) is 4.55 Å². The van der Waals surface area contributed by atoms with Crippen molar-refractivity contribution in [1.82, 2.24) is 4.98 Å². The summed E-state index contributed by atoms with van der Waals surface area (Å²) in [6, 6.07) is 1.48. The van der Waals surface area contributed by atoms with Gasteiger partial charge in [0.1, 0.15) is 0 Å². The van der Waals surface area contributed by atoms with E-state index >= 15 is 0 Å². The van der Waals surface area contributed by atoms with Crippen LogP contribution >= 0.6 is 31.9 Å². The lowest BCUT2D eigenvalue weighted by molar-refractivity contribution is 0.478. The zero-order valence-corrected chi connectivity index (χ0v) is 9.52. The Hall–Kier alpha value is 0.0200. The zero-order chi connectivity index (χ0) is 9.35. The van der Waals surface area contributed by atoms with Crippen molar-refractivity contribution in [2.75, 3.05) is 0 Å².